The highest BCUT2D eigenvalue weighted by atomic mass is 28.3. The Morgan fingerprint density at radius 2 is 2.05 bits per heavy atom. The van der Waals surface area contributed by atoms with Gasteiger partial charge in [-0.1, -0.05) is 49.1 Å². The number of hydrogen-bond donors (Lipinski definition) is 2. The summed E-state index contributed by atoms with van der Waals surface area (Å²) in [6, 6.07) is 9.20. The second-order valence-corrected chi connectivity index (χ2v) is 12.6. The summed E-state index contributed by atoms with van der Waals surface area (Å²) in [4.78, 5) is 3.68. The summed E-state index contributed by atoms with van der Waals surface area (Å²) < 4.78 is 0. The molecule has 2 nitrogen and oxygen atoms in total. The van der Waals surface area contributed by atoms with E-state index in [0.29, 0.717) is 6.04 Å². The van der Waals surface area contributed by atoms with Crippen LogP contribution in [0.1, 0.15) is 37.1 Å². The van der Waals surface area contributed by atoms with Crippen molar-refractivity contribution in [3.05, 3.63) is 46.8 Å². The molecule has 0 bridgehead atoms. The van der Waals surface area contributed by atoms with Crippen LogP contribution in [-0.4, -0.2) is 19.6 Å². The van der Waals surface area contributed by atoms with Crippen LogP contribution >= 0.6 is 0 Å². The van der Waals surface area contributed by atoms with E-state index in [1.807, 2.05) is 0 Å². The molecule has 0 radical (unpaired) electrons. The highest BCUT2D eigenvalue weighted by Gasteiger charge is 2.25. The van der Waals surface area contributed by atoms with Crippen molar-refractivity contribution in [2.75, 3.05) is 6.54 Å². The zero-order valence-electron chi connectivity index (χ0n) is 14.3. The average molecular weight is 313 g/mol. The minimum absolute atomic E-state index is 0.474. The van der Waals surface area contributed by atoms with Crippen molar-refractivity contribution in [1.82, 2.24) is 10.3 Å². The van der Waals surface area contributed by atoms with Crippen LogP contribution in [0.15, 0.2) is 35.5 Å². The molecular weight excluding hydrogens is 284 g/mol. The van der Waals surface area contributed by atoms with Crippen molar-refractivity contribution in [2.45, 2.75) is 51.9 Å². The Morgan fingerprint density at radius 3 is 2.77 bits per heavy atom. The molecule has 1 aliphatic heterocycles. The highest BCUT2D eigenvalue weighted by molar-refractivity contribution is 6.83. The van der Waals surface area contributed by atoms with E-state index in [2.05, 4.69) is 67.2 Å². The van der Waals surface area contributed by atoms with Gasteiger partial charge in [0.05, 0.1) is 8.07 Å². The first-order chi connectivity index (χ1) is 10.5. The van der Waals surface area contributed by atoms with Crippen LogP contribution in [0.25, 0.3) is 10.9 Å². The molecule has 0 saturated heterocycles. The summed E-state index contributed by atoms with van der Waals surface area (Å²) in [6.45, 7) is 10.6. The van der Waals surface area contributed by atoms with Gasteiger partial charge in [-0.2, -0.15) is 0 Å². The number of para-hydroxylation sites is 1. The Kier molecular flexibility index (Phi) is 4.28. The second-order valence-electron chi connectivity index (χ2n) is 7.42. The van der Waals surface area contributed by atoms with E-state index in [9.17, 15) is 0 Å². The number of allylic oxidation sites excluding steroid dienone is 2. The number of benzene rings is 1. The van der Waals surface area contributed by atoms with Crippen LogP contribution in [0.4, 0.5) is 0 Å². The van der Waals surface area contributed by atoms with Gasteiger partial charge >= 0.3 is 0 Å². The molecule has 0 saturated carbocycles. The molecule has 118 valence electrons. The second kappa shape index (κ2) is 6.05. The molecule has 0 fully saturated rings. The van der Waals surface area contributed by atoms with Gasteiger partial charge < -0.3 is 10.3 Å². The van der Waals surface area contributed by atoms with Crippen LogP contribution in [0.2, 0.25) is 19.6 Å². The summed E-state index contributed by atoms with van der Waals surface area (Å²) in [5.74, 6) is 0. The summed E-state index contributed by atoms with van der Waals surface area (Å²) >= 11 is 0. The van der Waals surface area contributed by atoms with Gasteiger partial charge in [-0.3, -0.25) is 0 Å². The van der Waals surface area contributed by atoms with Gasteiger partial charge in [-0.25, -0.2) is 0 Å². The van der Waals surface area contributed by atoms with Gasteiger partial charge in [-0.05, 0) is 44.4 Å². The summed E-state index contributed by atoms with van der Waals surface area (Å²) in [5, 5.41) is 6.83. The first-order valence-corrected chi connectivity index (χ1v) is 12.0. The third kappa shape index (κ3) is 2.92. The number of nitrogens with one attached hydrogen (secondary N) is 2. The Labute approximate surface area is 135 Å². The zero-order chi connectivity index (χ0) is 15.7. The maximum Gasteiger partial charge on any atom is 0.0720 e. The minimum Gasteiger partial charge on any atom is -0.357 e. The molecule has 2 aromatic rings. The smallest absolute Gasteiger partial charge is 0.0720 e. The fourth-order valence-electron chi connectivity index (χ4n) is 3.76. The lowest BCUT2D eigenvalue weighted by atomic mass is 9.96. The maximum absolute atomic E-state index is 3.72. The van der Waals surface area contributed by atoms with Crippen LogP contribution in [-0.2, 0) is 6.42 Å². The van der Waals surface area contributed by atoms with E-state index in [1.54, 1.807) is 5.20 Å². The molecule has 22 heavy (non-hydrogen) atoms. The highest BCUT2D eigenvalue weighted by Crippen LogP contribution is 2.33. The molecule has 3 rings (SSSR count). The monoisotopic (exact) mass is 312 g/mol. The molecule has 0 amide bonds. The van der Waals surface area contributed by atoms with Crippen LogP contribution < -0.4 is 5.32 Å². The number of hydrogen-bond acceptors (Lipinski definition) is 1. The molecule has 3 heteroatoms. The van der Waals surface area contributed by atoms with Crippen molar-refractivity contribution < 1.29 is 0 Å². The standard InChI is InChI=1S/C19H28N2Si/c1-5-14(22(2,3)4)10-11-18-19-16(12-13-20-18)15-8-6-7-9-17(15)21-19/h5-9,18,20-21H,10-13H2,1-4H3/b14-5+/t18-/m0/s1. The molecular formula is C19H28N2Si. The van der Waals surface area contributed by atoms with Crippen molar-refractivity contribution in [3.63, 3.8) is 0 Å². The van der Waals surface area contributed by atoms with E-state index in [4.69, 9.17) is 0 Å². The van der Waals surface area contributed by atoms with E-state index in [1.165, 1.54) is 35.0 Å². The predicted octanol–water partition coefficient (Wildman–Crippen LogP) is 4.96. The number of H-pyrrole nitrogens is 1. The summed E-state index contributed by atoms with van der Waals surface area (Å²) in [7, 11) is -1.17. The zero-order valence-corrected chi connectivity index (χ0v) is 15.3. The number of fused-ring (bicyclic) bond motifs is 3. The van der Waals surface area contributed by atoms with Crippen LogP contribution in [0, 0.1) is 0 Å². The molecule has 1 aliphatic rings. The molecule has 1 aromatic carbocycles. The Balaban J connectivity index is 1.83. The minimum atomic E-state index is -1.17. The lowest BCUT2D eigenvalue weighted by Crippen LogP contribution is -2.31. The van der Waals surface area contributed by atoms with Gasteiger partial charge in [-0.15, -0.1) is 0 Å². The quantitative estimate of drug-likeness (QED) is 0.767. The first kappa shape index (κ1) is 15.6. The number of rotatable bonds is 4. The normalized spacial score (nSPS) is 19.5. The number of aromatic amines is 1. The first-order valence-electron chi connectivity index (χ1n) is 8.49. The van der Waals surface area contributed by atoms with Crippen molar-refractivity contribution in [3.8, 4) is 0 Å². The van der Waals surface area contributed by atoms with Crippen molar-refractivity contribution in [1.29, 1.82) is 0 Å². The van der Waals surface area contributed by atoms with Gasteiger partial charge in [0.25, 0.3) is 0 Å². The Bertz CT molecular complexity index is 691. The Morgan fingerprint density at radius 1 is 1.27 bits per heavy atom. The van der Waals surface area contributed by atoms with E-state index < -0.39 is 8.07 Å². The van der Waals surface area contributed by atoms with Crippen LogP contribution in [0.5, 0.6) is 0 Å². The molecule has 2 heterocycles. The fourth-order valence-corrected chi connectivity index (χ4v) is 5.52. The molecule has 1 aromatic heterocycles. The predicted molar refractivity (Wildman–Crippen MR) is 99.1 cm³/mol. The van der Waals surface area contributed by atoms with E-state index in [0.717, 1.165) is 13.0 Å². The molecule has 2 N–H and O–H groups in total. The Hall–Kier alpha value is -1.32. The lowest BCUT2D eigenvalue weighted by molar-refractivity contribution is 0.470. The van der Waals surface area contributed by atoms with Crippen molar-refractivity contribution in [2.24, 2.45) is 0 Å². The average Bonchev–Trinajstić information content (AvgIpc) is 2.86. The summed E-state index contributed by atoms with van der Waals surface area (Å²) in [5.41, 5.74) is 4.26. The third-order valence-corrected chi connectivity index (χ3v) is 7.44. The molecule has 0 unspecified atom stereocenters. The molecule has 0 spiro atoms. The summed E-state index contributed by atoms with van der Waals surface area (Å²) in [6.07, 6.45) is 5.92. The maximum atomic E-state index is 3.72. The third-order valence-electron chi connectivity index (χ3n) is 4.97. The van der Waals surface area contributed by atoms with E-state index in [-0.39, 0.29) is 0 Å². The van der Waals surface area contributed by atoms with Gasteiger partial charge in [0, 0.05) is 22.6 Å². The molecule has 0 aliphatic carbocycles. The number of aromatic nitrogens is 1. The van der Waals surface area contributed by atoms with E-state index >= 15 is 0 Å². The van der Waals surface area contributed by atoms with Crippen molar-refractivity contribution >= 4 is 19.0 Å². The fraction of sp³-hybridized carbons (Fsp3) is 0.474. The SMILES string of the molecule is C/C=C(\CC[C@@H]1NCCc2c1[nH]c1ccccc21)[Si](C)(C)C. The topological polar surface area (TPSA) is 27.8 Å². The molecule has 1 atom stereocenters. The largest absolute Gasteiger partial charge is 0.357 e. The van der Waals surface area contributed by atoms with Crippen LogP contribution in [0.3, 0.4) is 0 Å². The van der Waals surface area contributed by atoms with Gasteiger partial charge in [0.1, 0.15) is 0 Å². The lowest BCUT2D eigenvalue weighted by Gasteiger charge is -2.27. The van der Waals surface area contributed by atoms with Gasteiger partial charge in [0.2, 0.25) is 0 Å². The van der Waals surface area contributed by atoms with Gasteiger partial charge in [0.15, 0.2) is 0 Å².